The molecule has 1 N–H and O–H groups in total. The molecule has 0 aliphatic heterocycles. The Morgan fingerprint density at radius 1 is 1.43 bits per heavy atom. The third-order valence-electron chi connectivity index (χ3n) is 2.03. The lowest BCUT2D eigenvalue weighted by atomic mass is 10.1. The van der Waals surface area contributed by atoms with Crippen molar-refractivity contribution in [3.05, 3.63) is 39.9 Å². The van der Waals surface area contributed by atoms with Crippen molar-refractivity contribution in [1.82, 2.24) is 0 Å². The van der Waals surface area contributed by atoms with E-state index in [-0.39, 0.29) is 6.61 Å². The Kier molecular flexibility index (Phi) is 4.91. The Morgan fingerprint density at radius 3 is 2.86 bits per heavy atom. The van der Waals surface area contributed by atoms with Gasteiger partial charge in [0.05, 0.1) is 6.61 Å². The van der Waals surface area contributed by atoms with E-state index in [4.69, 9.17) is 5.11 Å². The van der Waals surface area contributed by atoms with Crippen LogP contribution in [0.4, 0.5) is 0 Å². The molecule has 14 heavy (non-hydrogen) atoms. The number of aliphatic hydroxyl groups is 1. The van der Waals surface area contributed by atoms with Crippen LogP contribution in [0.15, 0.2) is 28.7 Å². The molecule has 0 fully saturated rings. The van der Waals surface area contributed by atoms with Crippen LogP contribution >= 0.6 is 15.9 Å². The van der Waals surface area contributed by atoms with Gasteiger partial charge in [0.25, 0.3) is 0 Å². The summed E-state index contributed by atoms with van der Waals surface area (Å²) in [4.78, 5) is 0. The lowest BCUT2D eigenvalue weighted by Crippen LogP contribution is -1.87. The monoisotopic (exact) mass is 254 g/mol. The molecule has 0 bridgehead atoms. The molecule has 0 aromatic heterocycles. The summed E-state index contributed by atoms with van der Waals surface area (Å²) in [6.45, 7) is 2.25. The summed E-state index contributed by atoms with van der Waals surface area (Å²) in [5.41, 5.74) is 2.07. The Labute approximate surface area is 93.6 Å². The molecule has 0 unspecified atom stereocenters. The molecular formula is C12H15BrO. The third-order valence-corrected chi connectivity index (χ3v) is 2.52. The lowest BCUT2D eigenvalue weighted by molar-refractivity contribution is 0.281. The minimum absolute atomic E-state index is 0.0963. The predicted octanol–water partition coefficient (Wildman–Crippen LogP) is 3.75. The second-order valence-corrected chi connectivity index (χ2v) is 4.11. The van der Waals surface area contributed by atoms with Gasteiger partial charge in [-0.3, -0.25) is 0 Å². The van der Waals surface area contributed by atoms with Gasteiger partial charge in [-0.15, -0.1) is 0 Å². The number of aliphatic hydroxyl groups excluding tert-OH is 1. The Morgan fingerprint density at radius 2 is 2.21 bits per heavy atom. The van der Waals surface area contributed by atoms with E-state index in [1.54, 1.807) is 0 Å². The van der Waals surface area contributed by atoms with Crippen molar-refractivity contribution in [2.24, 2.45) is 0 Å². The molecule has 0 heterocycles. The molecule has 0 saturated heterocycles. The van der Waals surface area contributed by atoms with E-state index in [0.29, 0.717) is 0 Å². The molecule has 0 amide bonds. The average molecular weight is 255 g/mol. The number of unbranched alkanes of at least 4 members (excludes halogenated alkanes) is 1. The Hall–Kier alpha value is -0.600. The molecule has 1 aromatic rings. The molecule has 0 saturated carbocycles. The van der Waals surface area contributed by atoms with Gasteiger partial charge in [0.1, 0.15) is 0 Å². The van der Waals surface area contributed by atoms with E-state index in [9.17, 15) is 0 Å². The molecule has 0 spiro atoms. The van der Waals surface area contributed by atoms with Crippen LogP contribution in [0.3, 0.4) is 0 Å². The summed E-state index contributed by atoms with van der Waals surface area (Å²) in [5, 5.41) is 9.12. The van der Waals surface area contributed by atoms with E-state index >= 15 is 0 Å². The standard InChI is InChI=1S/C12H15BrO/c1-2-3-4-5-10-8-12(13)7-6-11(10)9-14/h4-8,14H,2-3,9H2,1H3/b5-4+. The van der Waals surface area contributed by atoms with Gasteiger partial charge in [-0.25, -0.2) is 0 Å². The lowest BCUT2D eigenvalue weighted by Gasteiger charge is -2.02. The zero-order valence-corrected chi connectivity index (χ0v) is 9.92. The first-order valence-electron chi connectivity index (χ1n) is 4.83. The minimum atomic E-state index is 0.0963. The van der Waals surface area contributed by atoms with E-state index in [0.717, 1.165) is 28.4 Å². The van der Waals surface area contributed by atoms with Gasteiger partial charge in [0, 0.05) is 4.47 Å². The highest BCUT2D eigenvalue weighted by atomic mass is 79.9. The first-order chi connectivity index (χ1) is 6.77. The van der Waals surface area contributed by atoms with Crippen LogP contribution in [0.5, 0.6) is 0 Å². The van der Waals surface area contributed by atoms with Crippen molar-refractivity contribution in [3.63, 3.8) is 0 Å². The summed E-state index contributed by atoms with van der Waals surface area (Å²) in [7, 11) is 0. The van der Waals surface area contributed by atoms with Crippen LogP contribution < -0.4 is 0 Å². The van der Waals surface area contributed by atoms with Crippen LogP contribution in [0, 0.1) is 0 Å². The van der Waals surface area contributed by atoms with Gasteiger partial charge in [-0.05, 0) is 29.7 Å². The maximum atomic E-state index is 9.12. The zero-order chi connectivity index (χ0) is 10.4. The summed E-state index contributed by atoms with van der Waals surface area (Å²) >= 11 is 3.42. The summed E-state index contributed by atoms with van der Waals surface area (Å²) in [6.07, 6.45) is 6.44. The minimum Gasteiger partial charge on any atom is -0.392 e. The van der Waals surface area contributed by atoms with Gasteiger partial charge >= 0.3 is 0 Å². The highest BCUT2D eigenvalue weighted by Gasteiger charge is 1.98. The fourth-order valence-electron chi connectivity index (χ4n) is 1.24. The number of halogens is 1. The fourth-order valence-corrected chi connectivity index (χ4v) is 1.62. The number of hydrogen-bond donors (Lipinski definition) is 1. The van der Waals surface area contributed by atoms with Gasteiger partial charge in [-0.1, -0.05) is 47.5 Å². The molecule has 2 heteroatoms. The van der Waals surface area contributed by atoms with Crippen molar-refractivity contribution in [2.45, 2.75) is 26.4 Å². The van der Waals surface area contributed by atoms with E-state index in [1.807, 2.05) is 18.2 Å². The Balaban J connectivity index is 2.87. The number of hydrogen-bond acceptors (Lipinski definition) is 1. The first-order valence-corrected chi connectivity index (χ1v) is 5.63. The first kappa shape index (κ1) is 11.5. The van der Waals surface area contributed by atoms with E-state index < -0.39 is 0 Å². The quantitative estimate of drug-likeness (QED) is 0.868. The molecule has 76 valence electrons. The fraction of sp³-hybridized carbons (Fsp3) is 0.333. The number of benzene rings is 1. The summed E-state index contributed by atoms with van der Waals surface area (Å²) in [6, 6.07) is 5.91. The van der Waals surface area contributed by atoms with Gasteiger partial charge in [-0.2, -0.15) is 0 Å². The van der Waals surface area contributed by atoms with Crippen LogP contribution in [-0.2, 0) is 6.61 Å². The maximum absolute atomic E-state index is 9.12. The van der Waals surface area contributed by atoms with Crippen molar-refractivity contribution < 1.29 is 5.11 Å². The second-order valence-electron chi connectivity index (χ2n) is 3.19. The van der Waals surface area contributed by atoms with Crippen LogP contribution in [-0.4, -0.2) is 5.11 Å². The molecule has 0 radical (unpaired) electrons. The third kappa shape index (κ3) is 3.28. The summed E-state index contributed by atoms with van der Waals surface area (Å²) in [5.74, 6) is 0. The van der Waals surface area contributed by atoms with Crippen LogP contribution in [0.2, 0.25) is 0 Å². The van der Waals surface area contributed by atoms with Crippen molar-refractivity contribution in [1.29, 1.82) is 0 Å². The van der Waals surface area contributed by atoms with Gasteiger partial charge < -0.3 is 5.11 Å². The van der Waals surface area contributed by atoms with Crippen LogP contribution in [0.1, 0.15) is 30.9 Å². The van der Waals surface area contributed by atoms with Crippen LogP contribution in [0.25, 0.3) is 6.08 Å². The molecule has 1 rings (SSSR count). The maximum Gasteiger partial charge on any atom is 0.0687 e. The van der Waals surface area contributed by atoms with Crippen molar-refractivity contribution >= 4 is 22.0 Å². The predicted molar refractivity (Wildman–Crippen MR) is 64.0 cm³/mol. The van der Waals surface area contributed by atoms with E-state index in [2.05, 4.69) is 35.0 Å². The summed E-state index contributed by atoms with van der Waals surface area (Å²) < 4.78 is 1.05. The smallest absolute Gasteiger partial charge is 0.0687 e. The molecular weight excluding hydrogens is 240 g/mol. The molecule has 1 nitrogen and oxygen atoms in total. The number of allylic oxidation sites excluding steroid dienone is 1. The molecule has 0 atom stereocenters. The Bertz CT molecular complexity index is 318. The second kappa shape index (κ2) is 5.99. The topological polar surface area (TPSA) is 20.2 Å². The molecule has 0 aliphatic rings. The normalized spacial score (nSPS) is 11.1. The van der Waals surface area contributed by atoms with E-state index in [1.165, 1.54) is 0 Å². The van der Waals surface area contributed by atoms with Crippen molar-refractivity contribution in [3.8, 4) is 0 Å². The highest BCUT2D eigenvalue weighted by Crippen LogP contribution is 2.18. The largest absolute Gasteiger partial charge is 0.392 e. The zero-order valence-electron chi connectivity index (χ0n) is 8.33. The average Bonchev–Trinajstić information content (AvgIpc) is 2.19. The highest BCUT2D eigenvalue weighted by molar-refractivity contribution is 9.10. The van der Waals surface area contributed by atoms with Crippen molar-refractivity contribution in [2.75, 3.05) is 0 Å². The van der Waals surface area contributed by atoms with Gasteiger partial charge in [0.2, 0.25) is 0 Å². The number of rotatable bonds is 4. The SMILES string of the molecule is CCC/C=C/c1cc(Br)ccc1CO. The molecule has 1 aromatic carbocycles. The molecule has 0 aliphatic carbocycles. The van der Waals surface area contributed by atoms with Gasteiger partial charge in [0.15, 0.2) is 0 Å².